The zero-order valence-corrected chi connectivity index (χ0v) is 11.1. The van der Waals surface area contributed by atoms with Crippen LogP contribution in [0.5, 0.6) is 0 Å². The lowest BCUT2D eigenvalue weighted by molar-refractivity contribution is 0.185. The molecule has 19 heavy (non-hydrogen) atoms. The number of para-hydroxylation sites is 1. The molecule has 0 aliphatic carbocycles. The van der Waals surface area contributed by atoms with Gasteiger partial charge in [-0.1, -0.05) is 24.3 Å². The Morgan fingerprint density at radius 2 is 1.89 bits per heavy atom. The monoisotopic (exact) mass is 254 g/mol. The molecular weight excluding hydrogens is 236 g/mol. The van der Waals surface area contributed by atoms with Crippen LogP contribution in [0, 0.1) is 0 Å². The normalized spacial score (nSPS) is 13.6. The first-order chi connectivity index (χ1) is 9.28. The molecule has 0 spiro atoms. The smallest absolute Gasteiger partial charge is 0.0733 e. The summed E-state index contributed by atoms with van der Waals surface area (Å²) in [4.78, 5) is 2.37. The Morgan fingerprint density at radius 1 is 1.11 bits per heavy atom. The molecule has 2 aromatic rings. The third-order valence-electron chi connectivity index (χ3n) is 3.58. The lowest BCUT2D eigenvalue weighted by Crippen LogP contribution is -2.16. The first-order valence-corrected chi connectivity index (χ1v) is 6.47. The van der Waals surface area contributed by atoms with E-state index in [-0.39, 0.29) is 0 Å². The third kappa shape index (κ3) is 2.29. The molecule has 3 heteroatoms. The van der Waals surface area contributed by atoms with Crippen LogP contribution in [0.3, 0.4) is 0 Å². The van der Waals surface area contributed by atoms with Gasteiger partial charge in [0.1, 0.15) is 0 Å². The summed E-state index contributed by atoms with van der Waals surface area (Å²) in [5.41, 5.74) is 11.9. The molecule has 3 nitrogen and oxygen atoms in total. The van der Waals surface area contributed by atoms with E-state index in [9.17, 15) is 0 Å². The van der Waals surface area contributed by atoms with Crippen LogP contribution in [-0.2, 0) is 24.4 Å². The standard InChI is InChI=1S/C16H18N2O/c1-19-11-13-4-2-3-5-16(13)18-9-12-6-7-15(17)8-14(12)10-18/h2-8H,9-11,17H2,1H3. The van der Waals surface area contributed by atoms with E-state index < -0.39 is 0 Å². The Kier molecular flexibility index (Phi) is 3.13. The molecule has 0 bridgehead atoms. The van der Waals surface area contributed by atoms with Crippen LogP contribution in [0.1, 0.15) is 16.7 Å². The number of hydrogen-bond donors (Lipinski definition) is 1. The molecule has 2 aromatic carbocycles. The highest BCUT2D eigenvalue weighted by molar-refractivity contribution is 5.58. The van der Waals surface area contributed by atoms with Crippen molar-refractivity contribution >= 4 is 11.4 Å². The van der Waals surface area contributed by atoms with Gasteiger partial charge in [0.25, 0.3) is 0 Å². The van der Waals surface area contributed by atoms with E-state index in [0.29, 0.717) is 6.61 Å². The largest absolute Gasteiger partial charge is 0.399 e. The predicted octanol–water partition coefficient (Wildman–Crippen LogP) is 2.94. The molecule has 0 unspecified atom stereocenters. The van der Waals surface area contributed by atoms with Crippen molar-refractivity contribution in [2.45, 2.75) is 19.7 Å². The average Bonchev–Trinajstić information content (AvgIpc) is 2.82. The second-order valence-electron chi connectivity index (χ2n) is 4.95. The van der Waals surface area contributed by atoms with Gasteiger partial charge in [-0.3, -0.25) is 0 Å². The number of rotatable bonds is 3. The van der Waals surface area contributed by atoms with Gasteiger partial charge in [-0.25, -0.2) is 0 Å². The first kappa shape index (κ1) is 12.1. The highest BCUT2D eigenvalue weighted by Crippen LogP contribution is 2.31. The molecule has 1 aliphatic heterocycles. The Labute approximate surface area is 113 Å². The minimum atomic E-state index is 0.644. The van der Waals surface area contributed by atoms with Crippen LogP contribution in [0.4, 0.5) is 11.4 Å². The second-order valence-corrected chi connectivity index (χ2v) is 4.95. The van der Waals surface area contributed by atoms with Gasteiger partial charge in [0, 0.05) is 37.1 Å². The molecule has 98 valence electrons. The average molecular weight is 254 g/mol. The van der Waals surface area contributed by atoms with E-state index in [1.54, 1.807) is 7.11 Å². The molecule has 1 heterocycles. The Bertz CT molecular complexity index is 595. The van der Waals surface area contributed by atoms with Gasteiger partial charge in [-0.05, 0) is 29.3 Å². The van der Waals surface area contributed by atoms with Gasteiger partial charge in [0.05, 0.1) is 6.61 Å². The fourth-order valence-corrected chi connectivity index (χ4v) is 2.68. The number of anilines is 2. The molecule has 2 N–H and O–H groups in total. The minimum absolute atomic E-state index is 0.644. The number of nitrogens with zero attached hydrogens (tertiary/aromatic N) is 1. The summed E-state index contributed by atoms with van der Waals surface area (Å²) in [5, 5.41) is 0. The Hall–Kier alpha value is -2.00. The highest BCUT2D eigenvalue weighted by Gasteiger charge is 2.20. The first-order valence-electron chi connectivity index (χ1n) is 6.47. The molecule has 0 saturated carbocycles. The quantitative estimate of drug-likeness (QED) is 0.856. The van der Waals surface area contributed by atoms with E-state index in [1.807, 2.05) is 6.07 Å². The number of nitrogen functional groups attached to an aromatic ring is 1. The molecule has 0 atom stereocenters. The number of methoxy groups -OCH3 is 1. The van der Waals surface area contributed by atoms with E-state index in [0.717, 1.165) is 18.8 Å². The number of benzene rings is 2. The van der Waals surface area contributed by atoms with E-state index >= 15 is 0 Å². The zero-order valence-electron chi connectivity index (χ0n) is 11.1. The van der Waals surface area contributed by atoms with Gasteiger partial charge >= 0.3 is 0 Å². The number of nitrogens with two attached hydrogens (primary N) is 1. The minimum Gasteiger partial charge on any atom is -0.399 e. The van der Waals surface area contributed by atoms with Gasteiger partial charge in [0.15, 0.2) is 0 Å². The van der Waals surface area contributed by atoms with Crippen molar-refractivity contribution in [2.75, 3.05) is 17.7 Å². The number of fused-ring (bicyclic) bond motifs is 1. The summed E-state index contributed by atoms with van der Waals surface area (Å²) in [6, 6.07) is 14.6. The van der Waals surface area contributed by atoms with Gasteiger partial charge in [0.2, 0.25) is 0 Å². The summed E-state index contributed by atoms with van der Waals surface area (Å²) in [6.07, 6.45) is 0. The lowest BCUT2D eigenvalue weighted by Gasteiger charge is -2.21. The van der Waals surface area contributed by atoms with E-state index in [1.165, 1.54) is 22.4 Å². The molecule has 0 radical (unpaired) electrons. The fourth-order valence-electron chi connectivity index (χ4n) is 2.68. The Balaban J connectivity index is 1.90. The van der Waals surface area contributed by atoms with Crippen LogP contribution in [0.25, 0.3) is 0 Å². The summed E-state index contributed by atoms with van der Waals surface area (Å²) in [7, 11) is 1.73. The van der Waals surface area contributed by atoms with Crippen molar-refractivity contribution in [3.63, 3.8) is 0 Å². The van der Waals surface area contributed by atoms with Gasteiger partial charge in [-0.2, -0.15) is 0 Å². The van der Waals surface area contributed by atoms with Crippen molar-refractivity contribution < 1.29 is 4.74 Å². The summed E-state index contributed by atoms with van der Waals surface area (Å²) >= 11 is 0. The van der Waals surface area contributed by atoms with Crippen molar-refractivity contribution in [1.29, 1.82) is 0 Å². The van der Waals surface area contributed by atoms with E-state index in [4.69, 9.17) is 10.5 Å². The van der Waals surface area contributed by atoms with Crippen molar-refractivity contribution in [3.8, 4) is 0 Å². The zero-order chi connectivity index (χ0) is 13.2. The molecule has 0 saturated heterocycles. The van der Waals surface area contributed by atoms with Gasteiger partial charge in [-0.15, -0.1) is 0 Å². The maximum Gasteiger partial charge on any atom is 0.0733 e. The topological polar surface area (TPSA) is 38.5 Å². The second kappa shape index (κ2) is 4.94. The number of hydrogen-bond acceptors (Lipinski definition) is 3. The van der Waals surface area contributed by atoms with Crippen LogP contribution in [-0.4, -0.2) is 7.11 Å². The highest BCUT2D eigenvalue weighted by atomic mass is 16.5. The molecule has 3 rings (SSSR count). The predicted molar refractivity (Wildman–Crippen MR) is 77.9 cm³/mol. The fraction of sp³-hybridized carbons (Fsp3) is 0.250. The van der Waals surface area contributed by atoms with E-state index in [2.05, 4.69) is 41.3 Å². The molecule has 0 amide bonds. The molecule has 1 aliphatic rings. The lowest BCUT2D eigenvalue weighted by atomic mass is 10.1. The molecule has 0 aromatic heterocycles. The van der Waals surface area contributed by atoms with Crippen LogP contribution >= 0.6 is 0 Å². The van der Waals surface area contributed by atoms with Crippen molar-refractivity contribution in [2.24, 2.45) is 0 Å². The maximum atomic E-state index is 5.85. The van der Waals surface area contributed by atoms with Crippen molar-refractivity contribution in [1.82, 2.24) is 0 Å². The van der Waals surface area contributed by atoms with Gasteiger partial charge < -0.3 is 15.4 Å². The third-order valence-corrected chi connectivity index (χ3v) is 3.58. The van der Waals surface area contributed by atoms with Crippen LogP contribution in [0.15, 0.2) is 42.5 Å². The summed E-state index contributed by atoms with van der Waals surface area (Å²) in [6.45, 7) is 2.50. The van der Waals surface area contributed by atoms with Crippen LogP contribution < -0.4 is 10.6 Å². The summed E-state index contributed by atoms with van der Waals surface area (Å²) < 4.78 is 5.28. The Morgan fingerprint density at radius 3 is 2.74 bits per heavy atom. The summed E-state index contributed by atoms with van der Waals surface area (Å²) in [5.74, 6) is 0. The van der Waals surface area contributed by atoms with Crippen molar-refractivity contribution in [3.05, 3.63) is 59.2 Å². The molecular formula is C16H18N2O. The number of ether oxygens (including phenoxy) is 1. The maximum absolute atomic E-state index is 5.85. The van der Waals surface area contributed by atoms with Crippen LogP contribution in [0.2, 0.25) is 0 Å². The SMILES string of the molecule is COCc1ccccc1N1Cc2ccc(N)cc2C1. The molecule has 0 fully saturated rings.